The summed E-state index contributed by atoms with van der Waals surface area (Å²) in [6.45, 7) is -0.528. The van der Waals surface area contributed by atoms with Gasteiger partial charge in [0.15, 0.2) is 0 Å². The Morgan fingerprint density at radius 1 is 2.00 bits per heavy atom. The Kier molecular flexibility index (Phi) is 2.77. The van der Waals surface area contributed by atoms with Crippen LogP contribution in [0.3, 0.4) is 0 Å². The fourth-order valence-electron chi connectivity index (χ4n) is 0. The summed E-state index contributed by atoms with van der Waals surface area (Å²) in [7, 11) is 4.53. The Balaban J connectivity index is 2.30. The van der Waals surface area contributed by atoms with Crippen molar-refractivity contribution in [2.45, 2.75) is 0 Å². The molecule has 0 aromatic carbocycles. The molecule has 0 N–H and O–H groups in total. The molecule has 0 aliphatic carbocycles. The number of alkyl halides is 1. The SMILES string of the molecule is [B]=CCF. The zero-order chi connectivity index (χ0) is 3.41. The summed E-state index contributed by atoms with van der Waals surface area (Å²) < 4.78 is 10.5. The Morgan fingerprint density at radius 3 is 2.25 bits per heavy atom. The molecular weight excluding hydrogens is 53.8 g/mol. The number of hydrogen-bond donors (Lipinski definition) is 0. The molecule has 0 heterocycles. The Hall–Kier alpha value is -0.135. The standard InChI is InChI=1S/C2H3BF/c3-1-2-4/h1H,2H2. The minimum absolute atomic E-state index is 0.528. The first-order valence-electron chi connectivity index (χ1n) is 1.01. The van der Waals surface area contributed by atoms with Crippen LogP contribution < -0.4 is 0 Å². The predicted molar refractivity (Wildman–Crippen MR) is 17.8 cm³/mol. The first-order valence-corrected chi connectivity index (χ1v) is 1.01. The topological polar surface area (TPSA) is 0 Å². The van der Waals surface area contributed by atoms with Gasteiger partial charge in [-0.25, -0.2) is 0 Å². The maximum atomic E-state index is 10.5. The van der Waals surface area contributed by atoms with E-state index in [1.807, 2.05) is 0 Å². The van der Waals surface area contributed by atoms with Gasteiger partial charge < -0.3 is 0 Å². The zero-order valence-corrected chi connectivity index (χ0v) is 2.24. The summed E-state index contributed by atoms with van der Waals surface area (Å²) in [5.74, 6) is 0.958. The summed E-state index contributed by atoms with van der Waals surface area (Å²) >= 11 is 0. The Labute approximate surface area is 25.7 Å². The van der Waals surface area contributed by atoms with Crippen LogP contribution in [0.2, 0.25) is 0 Å². The van der Waals surface area contributed by atoms with E-state index in [9.17, 15) is 4.39 Å². The van der Waals surface area contributed by atoms with Crippen LogP contribution in [-0.2, 0) is 0 Å². The monoisotopic (exact) mass is 57.0 g/mol. The van der Waals surface area contributed by atoms with Crippen LogP contribution in [0.1, 0.15) is 0 Å². The average molecular weight is 56.9 g/mol. The van der Waals surface area contributed by atoms with E-state index in [1.54, 1.807) is 0 Å². The third-order valence-electron chi connectivity index (χ3n) is 0.0891. The van der Waals surface area contributed by atoms with Gasteiger partial charge in [0.05, 0.1) is 0 Å². The second kappa shape index (κ2) is 2.86. The summed E-state index contributed by atoms with van der Waals surface area (Å²) in [6, 6.07) is 0. The van der Waals surface area contributed by atoms with Crippen molar-refractivity contribution in [2.24, 2.45) is 0 Å². The molecule has 0 spiro atoms. The Morgan fingerprint density at radius 2 is 2.25 bits per heavy atom. The third-order valence-corrected chi connectivity index (χ3v) is 0.0891. The zero-order valence-electron chi connectivity index (χ0n) is 2.24. The Bertz CT molecular complexity index is 20.0. The van der Waals surface area contributed by atoms with Crippen LogP contribution in [0.5, 0.6) is 0 Å². The molecule has 0 saturated carbocycles. The van der Waals surface area contributed by atoms with Gasteiger partial charge in [-0.15, -0.1) is 0 Å². The second-order valence-corrected chi connectivity index (χ2v) is 0.390. The maximum absolute atomic E-state index is 10.5. The van der Waals surface area contributed by atoms with E-state index in [4.69, 9.17) is 0 Å². The van der Waals surface area contributed by atoms with Crippen LogP contribution in [0, 0.1) is 0 Å². The van der Waals surface area contributed by atoms with Crippen molar-refractivity contribution in [3.63, 3.8) is 0 Å². The van der Waals surface area contributed by atoms with Gasteiger partial charge in [-0.05, 0) is 0 Å². The van der Waals surface area contributed by atoms with Gasteiger partial charge in [-0.1, -0.05) is 0 Å². The van der Waals surface area contributed by atoms with Gasteiger partial charge in [0.25, 0.3) is 0 Å². The fraction of sp³-hybridized carbons (Fsp3) is 0.500. The van der Waals surface area contributed by atoms with Crippen molar-refractivity contribution in [1.29, 1.82) is 0 Å². The van der Waals surface area contributed by atoms with Crippen molar-refractivity contribution >= 4 is 13.5 Å². The van der Waals surface area contributed by atoms with E-state index in [-0.39, 0.29) is 0 Å². The van der Waals surface area contributed by atoms with E-state index < -0.39 is 6.67 Å². The molecule has 0 unspecified atom stereocenters. The molecule has 0 aromatic heterocycles. The molecule has 21 valence electrons. The van der Waals surface area contributed by atoms with Crippen molar-refractivity contribution in [3.8, 4) is 0 Å². The molecule has 2 heteroatoms. The fourth-order valence-corrected chi connectivity index (χ4v) is 0. The van der Waals surface area contributed by atoms with Crippen molar-refractivity contribution in [1.82, 2.24) is 0 Å². The molecule has 0 aliphatic heterocycles. The number of halogens is 1. The van der Waals surface area contributed by atoms with E-state index in [0.29, 0.717) is 0 Å². The molecule has 0 aliphatic rings. The van der Waals surface area contributed by atoms with E-state index in [0.717, 1.165) is 5.97 Å². The summed E-state index contributed by atoms with van der Waals surface area (Å²) in [6.07, 6.45) is 0. The van der Waals surface area contributed by atoms with Gasteiger partial charge >= 0.3 is 24.5 Å². The van der Waals surface area contributed by atoms with Crippen LogP contribution in [0.15, 0.2) is 0 Å². The van der Waals surface area contributed by atoms with Gasteiger partial charge in [0, 0.05) is 0 Å². The van der Waals surface area contributed by atoms with Gasteiger partial charge in [-0.3, -0.25) is 0 Å². The van der Waals surface area contributed by atoms with Gasteiger partial charge in [0.2, 0.25) is 0 Å². The molecule has 0 saturated heterocycles. The van der Waals surface area contributed by atoms with Crippen LogP contribution in [0.25, 0.3) is 0 Å². The molecule has 0 fully saturated rings. The van der Waals surface area contributed by atoms with Crippen molar-refractivity contribution < 1.29 is 4.39 Å². The molecular formula is C2H3BF. The quantitative estimate of drug-likeness (QED) is 0.369. The normalized spacial score (nSPS) is 6.00. The summed E-state index contributed by atoms with van der Waals surface area (Å²) in [5.41, 5.74) is 0. The van der Waals surface area contributed by atoms with Crippen LogP contribution in [-0.4, -0.2) is 20.1 Å². The molecule has 0 amide bonds. The average Bonchev–Trinajstić information content (AvgIpc) is 1.37. The van der Waals surface area contributed by atoms with E-state index >= 15 is 0 Å². The minimum atomic E-state index is -0.528. The molecule has 0 nitrogen and oxygen atoms in total. The van der Waals surface area contributed by atoms with Crippen molar-refractivity contribution in [2.75, 3.05) is 6.67 Å². The third kappa shape index (κ3) is 1.86. The van der Waals surface area contributed by atoms with Crippen molar-refractivity contribution in [3.05, 3.63) is 0 Å². The molecule has 0 atom stereocenters. The van der Waals surface area contributed by atoms with Crippen LogP contribution >= 0.6 is 0 Å². The second-order valence-electron chi connectivity index (χ2n) is 0.390. The molecule has 0 bridgehead atoms. The van der Waals surface area contributed by atoms with Gasteiger partial charge in [0.1, 0.15) is 0 Å². The molecule has 4 heavy (non-hydrogen) atoms. The van der Waals surface area contributed by atoms with Gasteiger partial charge in [-0.2, -0.15) is 0 Å². The molecule has 0 rings (SSSR count). The first-order chi connectivity index (χ1) is 1.91. The molecule has 0 aromatic rings. The number of rotatable bonds is 1. The first kappa shape index (κ1) is 3.86. The van der Waals surface area contributed by atoms with Crippen LogP contribution in [0.4, 0.5) is 4.39 Å². The van der Waals surface area contributed by atoms with E-state index in [2.05, 4.69) is 7.49 Å². The summed E-state index contributed by atoms with van der Waals surface area (Å²) in [5, 5.41) is 0. The van der Waals surface area contributed by atoms with E-state index in [1.165, 1.54) is 0 Å². The summed E-state index contributed by atoms with van der Waals surface area (Å²) in [4.78, 5) is 0. The number of hydrogen-bond acceptors (Lipinski definition) is 0. The predicted octanol–water partition coefficient (Wildman–Crippen LogP) is -0.0734. The molecule has 1 radical (unpaired) electrons.